The van der Waals surface area contributed by atoms with Crippen LogP contribution in [0.5, 0.6) is 0 Å². The van der Waals surface area contributed by atoms with Crippen molar-refractivity contribution < 1.29 is 4.79 Å². The lowest BCUT2D eigenvalue weighted by Gasteiger charge is -2.21. The molecular weight excluding hydrogens is 405 g/mol. The predicted octanol–water partition coefficient (Wildman–Crippen LogP) is 5.86. The van der Waals surface area contributed by atoms with Crippen LogP contribution in [0.2, 0.25) is 15.1 Å². The molecule has 0 saturated carbocycles. The van der Waals surface area contributed by atoms with Crippen LogP contribution in [0, 0.1) is 0 Å². The minimum atomic E-state index is -0.0703. The largest absolute Gasteiger partial charge is 0.330 e. The first-order valence-corrected chi connectivity index (χ1v) is 9.64. The predicted molar refractivity (Wildman–Crippen MR) is 109 cm³/mol. The van der Waals surface area contributed by atoms with E-state index in [-0.39, 0.29) is 11.9 Å². The highest BCUT2D eigenvalue weighted by Gasteiger charge is 2.36. The fourth-order valence-corrected chi connectivity index (χ4v) is 3.91. The van der Waals surface area contributed by atoms with E-state index in [1.54, 1.807) is 22.9 Å². The van der Waals surface area contributed by atoms with E-state index in [4.69, 9.17) is 34.8 Å². The third-order valence-corrected chi connectivity index (χ3v) is 5.44. The highest BCUT2D eigenvalue weighted by molar-refractivity contribution is 6.35. The number of benzene rings is 2. The number of rotatable bonds is 3. The average molecular weight is 421 g/mol. The van der Waals surface area contributed by atoms with Crippen molar-refractivity contribution in [1.29, 1.82) is 0 Å². The van der Waals surface area contributed by atoms with Crippen LogP contribution in [0.25, 0.3) is 16.9 Å². The number of fused-ring (bicyclic) bond motifs is 1. The maximum atomic E-state index is 12.8. The van der Waals surface area contributed by atoms with Gasteiger partial charge in [-0.2, -0.15) is 5.10 Å². The molecule has 0 aliphatic carbocycles. The summed E-state index contributed by atoms with van der Waals surface area (Å²) in [5.41, 5.74) is 3.77. The lowest BCUT2D eigenvalue weighted by molar-refractivity contribution is 0.0724. The molecule has 0 fully saturated rings. The normalized spacial score (nSPS) is 13.6. The summed E-state index contributed by atoms with van der Waals surface area (Å²) in [6, 6.07) is 12.8. The van der Waals surface area contributed by atoms with Gasteiger partial charge in [-0.25, -0.2) is 4.68 Å². The van der Waals surface area contributed by atoms with Crippen molar-refractivity contribution in [2.75, 3.05) is 0 Å². The molecule has 1 aromatic heterocycles. The Kier molecular flexibility index (Phi) is 4.66. The Bertz CT molecular complexity index is 1040. The number of halogens is 3. The van der Waals surface area contributed by atoms with E-state index in [0.29, 0.717) is 33.0 Å². The van der Waals surface area contributed by atoms with Crippen LogP contribution >= 0.6 is 34.8 Å². The van der Waals surface area contributed by atoms with Crippen molar-refractivity contribution in [2.24, 2.45) is 0 Å². The van der Waals surface area contributed by atoms with Gasteiger partial charge in [-0.05, 0) is 44.2 Å². The standard InChI is InChI=1S/C20H16Cl3N3O/c1-11(2)25-10-15-18(20(25)27)24-26(17-8-7-14(22)9-16(17)23)19(15)12-3-5-13(21)6-4-12/h3-9,11H,10H2,1-2H3. The second-order valence-electron chi connectivity index (χ2n) is 6.72. The van der Waals surface area contributed by atoms with Crippen molar-refractivity contribution in [3.05, 3.63) is 68.8 Å². The Morgan fingerprint density at radius 3 is 2.30 bits per heavy atom. The van der Waals surface area contributed by atoms with E-state index in [9.17, 15) is 4.79 Å². The minimum Gasteiger partial charge on any atom is -0.330 e. The van der Waals surface area contributed by atoms with Gasteiger partial charge in [0, 0.05) is 27.2 Å². The van der Waals surface area contributed by atoms with E-state index in [2.05, 4.69) is 5.10 Å². The zero-order valence-corrected chi connectivity index (χ0v) is 17.0. The monoisotopic (exact) mass is 419 g/mol. The minimum absolute atomic E-state index is 0.0703. The summed E-state index contributed by atoms with van der Waals surface area (Å²) in [5.74, 6) is -0.0703. The fraction of sp³-hybridized carbons (Fsp3) is 0.200. The van der Waals surface area contributed by atoms with Gasteiger partial charge in [-0.3, -0.25) is 4.79 Å². The molecule has 0 unspecified atom stereocenters. The van der Waals surface area contributed by atoms with Gasteiger partial charge in [0.1, 0.15) is 0 Å². The van der Waals surface area contributed by atoms with Crippen LogP contribution in [0.4, 0.5) is 0 Å². The zero-order valence-electron chi connectivity index (χ0n) is 14.7. The quantitative estimate of drug-likeness (QED) is 0.532. The maximum Gasteiger partial charge on any atom is 0.275 e. The molecule has 7 heteroatoms. The van der Waals surface area contributed by atoms with Gasteiger partial charge >= 0.3 is 0 Å². The van der Waals surface area contributed by atoms with Crippen LogP contribution in [-0.4, -0.2) is 26.6 Å². The first kappa shape index (κ1) is 18.4. The Labute approximate surface area is 172 Å². The molecule has 0 atom stereocenters. The molecule has 0 bridgehead atoms. The van der Waals surface area contributed by atoms with E-state index in [1.807, 2.05) is 43.0 Å². The number of aromatic nitrogens is 2. The highest BCUT2D eigenvalue weighted by atomic mass is 35.5. The van der Waals surface area contributed by atoms with Gasteiger partial charge in [-0.1, -0.05) is 46.9 Å². The first-order valence-electron chi connectivity index (χ1n) is 8.51. The second kappa shape index (κ2) is 6.86. The van der Waals surface area contributed by atoms with Gasteiger partial charge < -0.3 is 4.90 Å². The number of carbonyl (C=O) groups excluding carboxylic acids is 1. The Morgan fingerprint density at radius 1 is 1.00 bits per heavy atom. The molecule has 2 heterocycles. The third-order valence-electron chi connectivity index (χ3n) is 4.65. The molecule has 2 aromatic carbocycles. The van der Waals surface area contributed by atoms with Crippen molar-refractivity contribution >= 4 is 40.7 Å². The van der Waals surface area contributed by atoms with Crippen LogP contribution < -0.4 is 0 Å². The van der Waals surface area contributed by atoms with E-state index < -0.39 is 0 Å². The SMILES string of the molecule is CC(C)N1Cc2c(nn(-c3ccc(Cl)cc3Cl)c2-c2ccc(Cl)cc2)C1=O. The molecule has 138 valence electrons. The summed E-state index contributed by atoms with van der Waals surface area (Å²) in [6.45, 7) is 4.50. The zero-order chi connectivity index (χ0) is 19.3. The molecule has 1 amide bonds. The maximum absolute atomic E-state index is 12.8. The number of hydrogen-bond donors (Lipinski definition) is 0. The van der Waals surface area contributed by atoms with Gasteiger partial charge in [0.15, 0.2) is 5.69 Å². The summed E-state index contributed by atoms with van der Waals surface area (Å²) in [6.07, 6.45) is 0. The molecule has 1 aliphatic heterocycles. The van der Waals surface area contributed by atoms with E-state index in [1.165, 1.54) is 0 Å². The van der Waals surface area contributed by atoms with Gasteiger partial charge in [-0.15, -0.1) is 0 Å². The Balaban J connectivity index is 1.95. The van der Waals surface area contributed by atoms with Crippen LogP contribution in [0.3, 0.4) is 0 Å². The lowest BCUT2D eigenvalue weighted by atomic mass is 10.1. The van der Waals surface area contributed by atoms with Gasteiger partial charge in [0.25, 0.3) is 5.91 Å². The summed E-state index contributed by atoms with van der Waals surface area (Å²) in [7, 11) is 0. The average Bonchev–Trinajstić information content (AvgIpc) is 3.13. The Hall–Kier alpha value is -2.01. The van der Waals surface area contributed by atoms with Gasteiger partial charge in [0.2, 0.25) is 0 Å². The molecule has 0 N–H and O–H groups in total. The third kappa shape index (κ3) is 3.12. The number of nitrogens with zero attached hydrogens (tertiary/aromatic N) is 3. The topological polar surface area (TPSA) is 38.1 Å². The second-order valence-corrected chi connectivity index (χ2v) is 8.00. The summed E-state index contributed by atoms with van der Waals surface area (Å²) in [5, 5.41) is 6.28. The molecule has 4 rings (SSSR count). The molecule has 0 spiro atoms. The first-order chi connectivity index (χ1) is 12.9. The summed E-state index contributed by atoms with van der Waals surface area (Å²) >= 11 is 18.5. The summed E-state index contributed by atoms with van der Waals surface area (Å²) in [4.78, 5) is 14.6. The number of hydrogen-bond acceptors (Lipinski definition) is 2. The van der Waals surface area contributed by atoms with Crippen molar-refractivity contribution in [3.63, 3.8) is 0 Å². The lowest BCUT2D eigenvalue weighted by Crippen LogP contribution is -2.31. The van der Waals surface area contributed by atoms with E-state index >= 15 is 0 Å². The smallest absolute Gasteiger partial charge is 0.275 e. The molecule has 4 nitrogen and oxygen atoms in total. The van der Waals surface area contributed by atoms with Crippen molar-refractivity contribution in [1.82, 2.24) is 14.7 Å². The highest BCUT2D eigenvalue weighted by Crippen LogP contribution is 2.37. The molecular formula is C20H16Cl3N3O. The van der Waals surface area contributed by atoms with Crippen LogP contribution in [-0.2, 0) is 6.54 Å². The number of amides is 1. The summed E-state index contributed by atoms with van der Waals surface area (Å²) < 4.78 is 1.72. The molecule has 0 saturated heterocycles. The van der Waals surface area contributed by atoms with Crippen LogP contribution in [0.1, 0.15) is 29.9 Å². The molecule has 27 heavy (non-hydrogen) atoms. The van der Waals surface area contributed by atoms with Crippen LogP contribution in [0.15, 0.2) is 42.5 Å². The Morgan fingerprint density at radius 2 is 1.67 bits per heavy atom. The van der Waals surface area contributed by atoms with Gasteiger partial charge in [0.05, 0.1) is 22.9 Å². The molecule has 0 radical (unpaired) electrons. The molecule has 1 aliphatic rings. The van der Waals surface area contributed by atoms with E-state index in [0.717, 1.165) is 16.8 Å². The number of carbonyl (C=O) groups is 1. The fourth-order valence-electron chi connectivity index (χ4n) is 3.30. The molecule has 3 aromatic rings. The van der Waals surface area contributed by atoms with Crippen molar-refractivity contribution in [2.45, 2.75) is 26.4 Å². The van der Waals surface area contributed by atoms with Crippen molar-refractivity contribution in [3.8, 4) is 16.9 Å².